The molecule has 3 aromatic rings. The van der Waals surface area contributed by atoms with Gasteiger partial charge in [-0.2, -0.15) is 0 Å². The highest BCUT2D eigenvalue weighted by atomic mass is 16.5. The van der Waals surface area contributed by atoms with Gasteiger partial charge in [-0.15, -0.1) is 0 Å². The molecular weight excluding hydrogens is 434 g/mol. The number of aromatic nitrogens is 1. The Morgan fingerprint density at radius 2 is 1.65 bits per heavy atom. The van der Waals surface area contributed by atoms with Gasteiger partial charge in [0.15, 0.2) is 0 Å². The lowest BCUT2D eigenvalue weighted by molar-refractivity contribution is -0.137. The molecular formula is C26H25N3O5. The van der Waals surface area contributed by atoms with Crippen molar-refractivity contribution in [2.45, 2.75) is 31.7 Å². The summed E-state index contributed by atoms with van der Waals surface area (Å²) < 4.78 is 5.51. The van der Waals surface area contributed by atoms with Gasteiger partial charge in [0.05, 0.1) is 18.3 Å². The van der Waals surface area contributed by atoms with Gasteiger partial charge in [0, 0.05) is 12.0 Å². The molecule has 0 fully saturated rings. The van der Waals surface area contributed by atoms with E-state index in [1.54, 1.807) is 13.0 Å². The fourth-order valence-electron chi connectivity index (χ4n) is 4.12. The van der Waals surface area contributed by atoms with Gasteiger partial charge in [-0.25, -0.2) is 9.78 Å². The summed E-state index contributed by atoms with van der Waals surface area (Å²) in [5.41, 5.74) is 5.06. The van der Waals surface area contributed by atoms with E-state index in [9.17, 15) is 14.4 Å². The van der Waals surface area contributed by atoms with Crippen LogP contribution in [0.15, 0.2) is 66.9 Å². The number of carbonyl (C=O) groups excluding carboxylic acids is 2. The minimum absolute atomic E-state index is 0.0420. The summed E-state index contributed by atoms with van der Waals surface area (Å²) in [4.78, 5) is 39.6. The highest BCUT2D eigenvalue weighted by Gasteiger charge is 2.29. The lowest BCUT2D eigenvalue weighted by atomic mass is 9.98. The minimum Gasteiger partial charge on any atom is -0.481 e. The molecule has 8 heteroatoms. The first kappa shape index (κ1) is 23.0. The lowest BCUT2D eigenvalue weighted by Gasteiger charge is -2.15. The molecule has 0 aliphatic heterocycles. The van der Waals surface area contributed by atoms with Crippen LogP contribution in [0, 0.1) is 0 Å². The van der Waals surface area contributed by atoms with Gasteiger partial charge in [0.25, 0.3) is 5.91 Å². The number of nitrogens with one attached hydrogen (secondary N) is 2. The summed E-state index contributed by atoms with van der Waals surface area (Å²) in [5.74, 6) is -1.50. The maximum Gasteiger partial charge on any atom is 0.411 e. The summed E-state index contributed by atoms with van der Waals surface area (Å²) in [7, 11) is 0. The van der Waals surface area contributed by atoms with Crippen LogP contribution in [-0.4, -0.2) is 40.7 Å². The molecule has 0 unspecified atom stereocenters. The number of nitrogens with zero attached hydrogens (tertiary/aromatic N) is 1. The Labute approximate surface area is 197 Å². The molecule has 0 saturated carbocycles. The number of ether oxygens (including phenoxy) is 1. The van der Waals surface area contributed by atoms with Crippen molar-refractivity contribution in [1.82, 2.24) is 10.3 Å². The third kappa shape index (κ3) is 5.06. The van der Waals surface area contributed by atoms with Crippen molar-refractivity contribution in [1.29, 1.82) is 0 Å². The second kappa shape index (κ2) is 10.2. The van der Waals surface area contributed by atoms with Crippen molar-refractivity contribution >= 4 is 23.7 Å². The molecule has 1 atom stereocenters. The fraction of sp³-hybridized carbons (Fsp3) is 0.231. The van der Waals surface area contributed by atoms with Crippen LogP contribution in [0.2, 0.25) is 0 Å². The molecule has 2 aromatic carbocycles. The zero-order chi connectivity index (χ0) is 24.1. The molecule has 174 valence electrons. The number of amides is 2. The van der Waals surface area contributed by atoms with E-state index in [4.69, 9.17) is 9.84 Å². The van der Waals surface area contributed by atoms with Crippen molar-refractivity contribution in [3.63, 3.8) is 0 Å². The number of carboxylic acid groups (broad SMARTS) is 1. The van der Waals surface area contributed by atoms with Crippen LogP contribution in [0.4, 0.5) is 10.5 Å². The van der Waals surface area contributed by atoms with E-state index in [0.29, 0.717) is 12.1 Å². The molecule has 1 aliphatic carbocycles. The van der Waals surface area contributed by atoms with E-state index in [-0.39, 0.29) is 24.6 Å². The average molecular weight is 460 g/mol. The van der Waals surface area contributed by atoms with Crippen LogP contribution in [0.25, 0.3) is 11.1 Å². The third-order valence-corrected chi connectivity index (χ3v) is 5.84. The maximum atomic E-state index is 12.4. The number of carboxylic acids is 1. The topological polar surface area (TPSA) is 118 Å². The Morgan fingerprint density at radius 3 is 2.21 bits per heavy atom. The number of rotatable bonds is 8. The maximum absolute atomic E-state index is 12.4. The number of hydrogen-bond acceptors (Lipinski definition) is 5. The smallest absolute Gasteiger partial charge is 0.411 e. The summed E-state index contributed by atoms with van der Waals surface area (Å²) >= 11 is 0. The first-order chi connectivity index (χ1) is 16.5. The molecule has 0 radical (unpaired) electrons. The SMILES string of the molecule is CC[C@@H](CC(=O)O)NC(=O)c1ccc(NC(=O)OCC2c3ccccc3-c3ccccc32)cn1. The van der Waals surface area contributed by atoms with Crippen molar-refractivity contribution in [3.8, 4) is 11.1 Å². The summed E-state index contributed by atoms with van der Waals surface area (Å²) in [6.07, 6.45) is 1.06. The number of fused-ring (bicyclic) bond motifs is 3. The summed E-state index contributed by atoms with van der Waals surface area (Å²) in [6, 6.07) is 18.7. The molecule has 0 bridgehead atoms. The number of hydrogen-bond donors (Lipinski definition) is 3. The van der Waals surface area contributed by atoms with Crippen LogP contribution in [0.5, 0.6) is 0 Å². The monoisotopic (exact) mass is 459 g/mol. The molecule has 0 spiro atoms. The Balaban J connectivity index is 1.34. The van der Waals surface area contributed by atoms with E-state index in [0.717, 1.165) is 22.3 Å². The van der Waals surface area contributed by atoms with Crippen molar-refractivity contribution in [2.75, 3.05) is 11.9 Å². The molecule has 2 amide bonds. The Bertz CT molecular complexity index is 1160. The number of pyridine rings is 1. The van der Waals surface area contributed by atoms with Crippen molar-refractivity contribution < 1.29 is 24.2 Å². The standard InChI is InChI=1S/C26H25N3O5/c1-2-16(13-24(30)31)28-25(32)23-12-11-17(14-27-23)29-26(33)34-15-22-20-9-5-3-7-18(20)19-8-4-6-10-21(19)22/h3-12,14,16,22H,2,13,15H2,1H3,(H,28,32)(H,29,33)(H,30,31)/t16-/m0/s1. The Morgan fingerprint density at radius 1 is 1.00 bits per heavy atom. The summed E-state index contributed by atoms with van der Waals surface area (Å²) in [6.45, 7) is 1.98. The van der Waals surface area contributed by atoms with Gasteiger partial charge >= 0.3 is 12.1 Å². The molecule has 34 heavy (non-hydrogen) atoms. The first-order valence-corrected chi connectivity index (χ1v) is 11.1. The second-order valence-electron chi connectivity index (χ2n) is 8.06. The van der Waals surface area contributed by atoms with Crippen molar-refractivity contribution in [3.05, 3.63) is 83.7 Å². The molecule has 1 aliphatic rings. The van der Waals surface area contributed by atoms with Gasteiger partial charge in [0.2, 0.25) is 0 Å². The minimum atomic E-state index is -0.984. The molecule has 0 saturated heterocycles. The van der Waals surface area contributed by atoms with Gasteiger partial charge in [-0.1, -0.05) is 55.5 Å². The number of benzene rings is 2. The second-order valence-corrected chi connectivity index (χ2v) is 8.06. The van der Waals surface area contributed by atoms with Gasteiger partial charge in [-0.05, 0) is 40.8 Å². The van der Waals surface area contributed by atoms with E-state index < -0.39 is 24.0 Å². The molecule has 4 rings (SSSR count). The average Bonchev–Trinajstić information content (AvgIpc) is 3.16. The van der Waals surface area contributed by atoms with Gasteiger partial charge in [0.1, 0.15) is 12.3 Å². The molecule has 3 N–H and O–H groups in total. The predicted octanol–water partition coefficient (Wildman–Crippen LogP) is 4.43. The zero-order valence-corrected chi connectivity index (χ0v) is 18.7. The van der Waals surface area contributed by atoms with E-state index in [1.165, 1.54) is 12.3 Å². The van der Waals surface area contributed by atoms with Crippen LogP contribution < -0.4 is 10.6 Å². The van der Waals surface area contributed by atoms with Gasteiger partial charge in [-0.3, -0.25) is 14.9 Å². The molecule has 1 aromatic heterocycles. The third-order valence-electron chi connectivity index (χ3n) is 5.84. The summed E-state index contributed by atoms with van der Waals surface area (Å²) in [5, 5.41) is 14.2. The highest BCUT2D eigenvalue weighted by molar-refractivity contribution is 5.93. The van der Waals surface area contributed by atoms with E-state index in [2.05, 4.69) is 39.9 Å². The fourth-order valence-corrected chi connectivity index (χ4v) is 4.12. The largest absolute Gasteiger partial charge is 0.481 e. The molecule has 1 heterocycles. The predicted molar refractivity (Wildman–Crippen MR) is 127 cm³/mol. The number of anilines is 1. The van der Waals surface area contributed by atoms with Crippen molar-refractivity contribution in [2.24, 2.45) is 0 Å². The first-order valence-electron chi connectivity index (χ1n) is 11.1. The van der Waals surface area contributed by atoms with Crippen LogP contribution in [-0.2, 0) is 9.53 Å². The normalized spacial score (nSPS) is 12.9. The van der Waals surface area contributed by atoms with E-state index in [1.807, 2.05) is 24.3 Å². The number of aliphatic carboxylic acids is 1. The number of carbonyl (C=O) groups is 3. The van der Waals surface area contributed by atoms with Crippen LogP contribution in [0.1, 0.15) is 47.3 Å². The van der Waals surface area contributed by atoms with Crippen LogP contribution in [0.3, 0.4) is 0 Å². The Kier molecular flexibility index (Phi) is 6.87. The van der Waals surface area contributed by atoms with Crippen LogP contribution >= 0.6 is 0 Å². The Hall–Kier alpha value is -4.20. The quantitative estimate of drug-likeness (QED) is 0.459. The molecule has 8 nitrogen and oxygen atoms in total. The zero-order valence-electron chi connectivity index (χ0n) is 18.7. The van der Waals surface area contributed by atoms with E-state index >= 15 is 0 Å². The highest BCUT2D eigenvalue weighted by Crippen LogP contribution is 2.44. The van der Waals surface area contributed by atoms with Gasteiger partial charge < -0.3 is 15.2 Å². The lowest BCUT2D eigenvalue weighted by Crippen LogP contribution is -2.36.